The number of hydrogen-bond acceptors (Lipinski definition) is 3. The number of hydrogen-bond donors (Lipinski definition) is 1. The van der Waals surface area contributed by atoms with E-state index in [9.17, 15) is 9.90 Å². The molecule has 0 fully saturated rings. The lowest BCUT2D eigenvalue weighted by Crippen LogP contribution is -2.23. The van der Waals surface area contributed by atoms with Gasteiger partial charge in [-0.3, -0.25) is 4.79 Å². The molecule has 1 atom stereocenters. The second-order valence-electron chi connectivity index (χ2n) is 4.06. The molecule has 1 N–H and O–H groups in total. The Bertz CT molecular complexity index is 388. The number of aliphatic hydroxyl groups is 1. The largest absolute Gasteiger partial charge is 0.466 e. The zero-order chi connectivity index (χ0) is 12.9. The van der Waals surface area contributed by atoms with Crippen molar-refractivity contribution in [1.29, 1.82) is 0 Å². The van der Waals surface area contributed by atoms with Gasteiger partial charge in [0.05, 0.1) is 12.2 Å². The minimum absolute atomic E-state index is 0.173. The lowest BCUT2D eigenvalue weighted by molar-refractivity contribution is -0.144. The predicted molar refractivity (Wildman–Crippen MR) is 66.9 cm³/mol. The second kappa shape index (κ2) is 6.03. The maximum absolute atomic E-state index is 11.2. The Balaban J connectivity index is 2.69. The Labute approximate surface area is 106 Å². The summed E-state index contributed by atoms with van der Waals surface area (Å²) in [6, 6.07) is 7.08. The molecule has 17 heavy (non-hydrogen) atoms. The van der Waals surface area contributed by atoms with Crippen molar-refractivity contribution >= 4 is 17.6 Å². The predicted octanol–water partition coefficient (Wildman–Crippen LogP) is 2.89. The first-order chi connectivity index (χ1) is 7.97. The van der Waals surface area contributed by atoms with E-state index in [1.54, 1.807) is 38.1 Å². The SMILES string of the molecule is CCOC(=O)CCC(C)(O)c1ccccc1Cl. The van der Waals surface area contributed by atoms with Crippen LogP contribution in [-0.4, -0.2) is 17.7 Å². The van der Waals surface area contributed by atoms with Crippen LogP contribution in [-0.2, 0) is 15.1 Å². The minimum Gasteiger partial charge on any atom is -0.466 e. The minimum atomic E-state index is -1.12. The third kappa shape index (κ3) is 4.02. The van der Waals surface area contributed by atoms with Gasteiger partial charge in [-0.15, -0.1) is 0 Å². The van der Waals surface area contributed by atoms with Crippen LogP contribution in [0.4, 0.5) is 0 Å². The normalized spacial score (nSPS) is 14.1. The van der Waals surface area contributed by atoms with Crippen LogP contribution in [0, 0.1) is 0 Å². The third-order valence-corrected chi connectivity index (χ3v) is 2.90. The zero-order valence-corrected chi connectivity index (χ0v) is 10.8. The Morgan fingerprint density at radius 3 is 2.71 bits per heavy atom. The van der Waals surface area contributed by atoms with Gasteiger partial charge in [0, 0.05) is 17.0 Å². The summed E-state index contributed by atoms with van der Waals surface area (Å²) in [5, 5.41) is 10.8. The standard InChI is InChI=1S/C13H17ClO3/c1-3-17-12(15)8-9-13(2,16)10-6-4-5-7-11(10)14/h4-7,16H,3,8-9H2,1-2H3. The molecule has 1 unspecified atom stereocenters. The van der Waals surface area contributed by atoms with Crippen LogP contribution in [0.25, 0.3) is 0 Å². The Kier molecular flexibility index (Phi) is 4.97. The number of carbonyl (C=O) groups is 1. The summed E-state index contributed by atoms with van der Waals surface area (Å²) < 4.78 is 4.82. The van der Waals surface area contributed by atoms with Gasteiger partial charge in [-0.05, 0) is 26.3 Å². The number of carbonyl (C=O) groups excluding carboxylic acids is 1. The fraction of sp³-hybridized carbons (Fsp3) is 0.462. The first-order valence-electron chi connectivity index (χ1n) is 5.60. The van der Waals surface area contributed by atoms with Gasteiger partial charge in [0.2, 0.25) is 0 Å². The van der Waals surface area contributed by atoms with Crippen LogP contribution in [0.1, 0.15) is 32.3 Å². The number of halogens is 1. The molecule has 1 aromatic carbocycles. The van der Waals surface area contributed by atoms with Gasteiger partial charge >= 0.3 is 5.97 Å². The molecule has 0 aromatic heterocycles. The Morgan fingerprint density at radius 2 is 2.12 bits per heavy atom. The average Bonchev–Trinajstić information content (AvgIpc) is 2.27. The second-order valence-corrected chi connectivity index (χ2v) is 4.47. The van der Waals surface area contributed by atoms with Crippen LogP contribution < -0.4 is 0 Å². The van der Waals surface area contributed by atoms with Crippen LogP contribution in [0.3, 0.4) is 0 Å². The van der Waals surface area contributed by atoms with E-state index in [-0.39, 0.29) is 18.8 Å². The van der Waals surface area contributed by atoms with E-state index in [2.05, 4.69) is 0 Å². The Hall–Kier alpha value is -1.06. The lowest BCUT2D eigenvalue weighted by atomic mass is 9.91. The number of rotatable bonds is 5. The maximum atomic E-state index is 11.2. The topological polar surface area (TPSA) is 46.5 Å². The number of benzene rings is 1. The average molecular weight is 257 g/mol. The summed E-state index contributed by atoms with van der Waals surface area (Å²) in [5.74, 6) is -0.306. The highest BCUT2D eigenvalue weighted by atomic mass is 35.5. The van der Waals surface area contributed by atoms with E-state index in [1.807, 2.05) is 0 Å². The van der Waals surface area contributed by atoms with Crippen LogP contribution >= 0.6 is 11.6 Å². The van der Waals surface area contributed by atoms with Gasteiger partial charge in [-0.1, -0.05) is 29.8 Å². The Morgan fingerprint density at radius 1 is 1.47 bits per heavy atom. The molecule has 1 aromatic rings. The fourth-order valence-electron chi connectivity index (χ4n) is 1.61. The summed E-state index contributed by atoms with van der Waals surface area (Å²) in [6.45, 7) is 3.75. The van der Waals surface area contributed by atoms with Crippen LogP contribution in [0.2, 0.25) is 5.02 Å². The molecule has 0 heterocycles. The van der Waals surface area contributed by atoms with Crippen molar-refractivity contribution in [3.8, 4) is 0 Å². The van der Waals surface area contributed by atoms with Gasteiger partial charge in [-0.25, -0.2) is 0 Å². The van der Waals surface area contributed by atoms with E-state index in [4.69, 9.17) is 16.3 Å². The van der Waals surface area contributed by atoms with Crippen molar-refractivity contribution in [2.24, 2.45) is 0 Å². The molecule has 0 aliphatic rings. The maximum Gasteiger partial charge on any atom is 0.305 e. The highest BCUT2D eigenvalue weighted by Gasteiger charge is 2.26. The van der Waals surface area contributed by atoms with E-state index < -0.39 is 5.60 Å². The monoisotopic (exact) mass is 256 g/mol. The van der Waals surface area contributed by atoms with Gasteiger partial charge in [0.1, 0.15) is 0 Å². The molecule has 94 valence electrons. The van der Waals surface area contributed by atoms with Crippen molar-refractivity contribution in [3.05, 3.63) is 34.9 Å². The third-order valence-electron chi connectivity index (χ3n) is 2.58. The molecular formula is C13H17ClO3. The highest BCUT2D eigenvalue weighted by Crippen LogP contribution is 2.31. The van der Waals surface area contributed by atoms with E-state index in [1.165, 1.54) is 0 Å². The van der Waals surface area contributed by atoms with Gasteiger partial charge in [0.15, 0.2) is 0 Å². The molecule has 0 spiro atoms. The molecule has 4 heteroatoms. The van der Waals surface area contributed by atoms with Gasteiger partial charge < -0.3 is 9.84 Å². The molecule has 0 bridgehead atoms. The van der Waals surface area contributed by atoms with E-state index in [0.717, 1.165) is 0 Å². The first kappa shape index (κ1) is 14.0. The number of ether oxygens (including phenoxy) is 1. The summed E-state index contributed by atoms with van der Waals surface area (Å²) in [6.07, 6.45) is 0.460. The fourth-order valence-corrected chi connectivity index (χ4v) is 1.95. The summed E-state index contributed by atoms with van der Waals surface area (Å²) in [5.41, 5.74) is -0.489. The number of esters is 1. The van der Waals surface area contributed by atoms with Gasteiger partial charge in [-0.2, -0.15) is 0 Å². The molecule has 0 saturated heterocycles. The van der Waals surface area contributed by atoms with Gasteiger partial charge in [0.25, 0.3) is 0 Å². The van der Waals surface area contributed by atoms with Crippen LogP contribution in [0.5, 0.6) is 0 Å². The lowest BCUT2D eigenvalue weighted by Gasteiger charge is -2.24. The van der Waals surface area contributed by atoms with Crippen molar-refractivity contribution in [2.45, 2.75) is 32.3 Å². The molecule has 0 radical (unpaired) electrons. The van der Waals surface area contributed by atoms with Crippen LogP contribution in [0.15, 0.2) is 24.3 Å². The first-order valence-corrected chi connectivity index (χ1v) is 5.98. The zero-order valence-electron chi connectivity index (χ0n) is 10.1. The van der Waals surface area contributed by atoms with Crippen molar-refractivity contribution in [3.63, 3.8) is 0 Å². The molecule has 1 rings (SSSR count). The molecule has 0 aliphatic carbocycles. The molecular weight excluding hydrogens is 240 g/mol. The quantitative estimate of drug-likeness (QED) is 0.824. The molecule has 0 aliphatic heterocycles. The summed E-state index contributed by atoms with van der Waals surface area (Å²) in [4.78, 5) is 11.2. The molecule has 3 nitrogen and oxygen atoms in total. The van der Waals surface area contributed by atoms with Crippen molar-refractivity contribution in [2.75, 3.05) is 6.61 Å². The van der Waals surface area contributed by atoms with Crippen molar-refractivity contribution < 1.29 is 14.6 Å². The summed E-state index contributed by atoms with van der Waals surface area (Å²) in [7, 11) is 0. The highest BCUT2D eigenvalue weighted by molar-refractivity contribution is 6.31. The smallest absolute Gasteiger partial charge is 0.305 e. The summed E-state index contributed by atoms with van der Waals surface area (Å²) >= 11 is 6.01. The molecule has 0 saturated carbocycles. The van der Waals surface area contributed by atoms with E-state index in [0.29, 0.717) is 17.2 Å². The van der Waals surface area contributed by atoms with Crippen molar-refractivity contribution in [1.82, 2.24) is 0 Å². The molecule has 0 amide bonds. The van der Waals surface area contributed by atoms with E-state index >= 15 is 0 Å².